The first-order valence-corrected chi connectivity index (χ1v) is 8.94. The lowest BCUT2D eigenvalue weighted by molar-refractivity contribution is -0.312. The lowest BCUT2D eigenvalue weighted by Crippen LogP contribution is -2.38. The molecule has 7 nitrogen and oxygen atoms in total. The molecule has 7 heteroatoms. The van der Waals surface area contributed by atoms with E-state index in [9.17, 15) is 14.7 Å². The second kappa shape index (κ2) is 7.87. The lowest BCUT2D eigenvalue weighted by Gasteiger charge is -2.18. The Morgan fingerprint density at radius 1 is 1.07 bits per heavy atom. The van der Waals surface area contributed by atoms with Crippen molar-refractivity contribution in [2.24, 2.45) is 0 Å². The summed E-state index contributed by atoms with van der Waals surface area (Å²) in [5, 5.41) is 11.6. The maximum atomic E-state index is 13.2. The molecular formula is C22H21O7-. The number of carbonyl (C=O) groups excluding carboxylic acids is 1. The van der Waals surface area contributed by atoms with Crippen LogP contribution in [0.1, 0.15) is 18.1 Å². The number of ether oxygens (including phenoxy) is 3. The van der Waals surface area contributed by atoms with Crippen LogP contribution in [0.4, 0.5) is 0 Å². The zero-order valence-corrected chi connectivity index (χ0v) is 16.8. The number of aryl methyl sites for hydroxylation is 2. The van der Waals surface area contributed by atoms with Gasteiger partial charge in [-0.2, -0.15) is 0 Å². The lowest BCUT2D eigenvalue weighted by atomic mass is 10.0. The molecule has 0 bridgehead atoms. The van der Waals surface area contributed by atoms with E-state index in [0.717, 1.165) is 5.56 Å². The molecule has 0 fully saturated rings. The van der Waals surface area contributed by atoms with Crippen molar-refractivity contribution in [3.8, 4) is 28.6 Å². The molecule has 0 amide bonds. The Morgan fingerprint density at radius 2 is 1.76 bits per heavy atom. The SMILES string of the molecule is COc1ccc(-c2oc3cc(C)cc(C)c3c(=O)c2OC(C)C(=O)[O-])cc1OC. The third-order valence-electron chi connectivity index (χ3n) is 4.57. The third-order valence-corrected chi connectivity index (χ3v) is 4.57. The van der Waals surface area contributed by atoms with Gasteiger partial charge in [-0.25, -0.2) is 0 Å². The zero-order chi connectivity index (χ0) is 21.3. The molecule has 2 aromatic carbocycles. The highest BCUT2D eigenvalue weighted by Crippen LogP contribution is 2.37. The van der Waals surface area contributed by atoms with Crippen LogP contribution >= 0.6 is 0 Å². The van der Waals surface area contributed by atoms with E-state index in [1.807, 2.05) is 13.0 Å². The number of hydrogen-bond donors (Lipinski definition) is 0. The number of carboxylic acids is 1. The quantitative estimate of drug-likeness (QED) is 0.630. The molecule has 3 rings (SSSR count). The summed E-state index contributed by atoms with van der Waals surface area (Å²) in [5.74, 6) is -0.623. The molecule has 0 radical (unpaired) electrons. The number of carbonyl (C=O) groups is 1. The van der Waals surface area contributed by atoms with Crippen LogP contribution in [0, 0.1) is 13.8 Å². The molecule has 0 saturated heterocycles. The standard InChI is InChI=1S/C22H22O7/c1-11-8-12(2)18-17(9-11)29-20(21(19(18)23)28-13(3)22(24)25)14-6-7-15(26-4)16(10-14)27-5/h6-10,13H,1-5H3,(H,24,25)/p-1. The van der Waals surface area contributed by atoms with Crippen LogP contribution in [0.5, 0.6) is 17.2 Å². The summed E-state index contributed by atoms with van der Waals surface area (Å²) in [5.41, 5.74) is 2.03. The van der Waals surface area contributed by atoms with E-state index < -0.39 is 17.5 Å². The van der Waals surface area contributed by atoms with Crippen LogP contribution in [-0.4, -0.2) is 26.3 Å². The molecule has 0 aliphatic rings. The van der Waals surface area contributed by atoms with Crippen molar-refractivity contribution in [2.75, 3.05) is 14.2 Å². The van der Waals surface area contributed by atoms with Crippen molar-refractivity contribution in [2.45, 2.75) is 26.9 Å². The van der Waals surface area contributed by atoms with Crippen LogP contribution in [0.2, 0.25) is 0 Å². The Kier molecular flexibility index (Phi) is 5.50. The largest absolute Gasteiger partial charge is 0.546 e. The van der Waals surface area contributed by atoms with Crippen LogP contribution in [0.15, 0.2) is 39.5 Å². The van der Waals surface area contributed by atoms with Gasteiger partial charge in [0.05, 0.1) is 25.6 Å². The summed E-state index contributed by atoms with van der Waals surface area (Å²) in [6.07, 6.45) is -1.35. The molecule has 29 heavy (non-hydrogen) atoms. The molecule has 3 aromatic rings. The zero-order valence-electron chi connectivity index (χ0n) is 16.8. The fourth-order valence-corrected chi connectivity index (χ4v) is 3.17. The maximum Gasteiger partial charge on any atom is 0.235 e. The fourth-order valence-electron chi connectivity index (χ4n) is 3.17. The number of aliphatic carboxylic acids is 1. The number of benzene rings is 2. The molecule has 0 aliphatic carbocycles. The molecule has 1 atom stereocenters. The average Bonchev–Trinajstić information content (AvgIpc) is 2.68. The van der Waals surface area contributed by atoms with Gasteiger partial charge in [0.15, 0.2) is 17.3 Å². The summed E-state index contributed by atoms with van der Waals surface area (Å²) in [4.78, 5) is 24.5. The van der Waals surface area contributed by atoms with Crippen molar-refractivity contribution in [1.82, 2.24) is 0 Å². The highest BCUT2D eigenvalue weighted by atomic mass is 16.5. The summed E-state index contributed by atoms with van der Waals surface area (Å²) in [6, 6.07) is 8.56. The maximum absolute atomic E-state index is 13.2. The number of rotatable bonds is 6. The van der Waals surface area contributed by atoms with Crippen molar-refractivity contribution >= 4 is 16.9 Å². The second-order valence-corrected chi connectivity index (χ2v) is 6.69. The Hall–Kier alpha value is -3.48. The average molecular weight is 397 g/mol. The van der Waals surface area contributed by atoms with Gasteiger partial charge in [-0.3, -0.25) is 4.79 Å². The summed E-state index contributed by atoms with van der Waals surface area (Å²) >= 11 is 0. The first-order valence-electron chi connectivity index (χ1n) is 8.94. The normalized spacial score (nSPS) is 11.9. The van der Waals surface area contributed by atoms with Crippen LogP contribution in [0.25, 0.3) is 22.3 Å². The van der Waals surface area contributed by atoms with Gasteiger partial charge in [-0.1, -0.05) is 6.07 Å². The van der Waals surface area contributed by atoms with Crippen molar-refractivity contribution < 1.29 is 28.5 Å². The van der Waals surface area contributed by atoms with Crippen LogP contribution in [-0.2, 0) is 4.79 Å². The highest BCUT2D eigenvalue weighted by molar-refractivity contribution is 5.86. The Morgan fingerprint density at radius 3 is 2.38 bits per heavy atom. The minimum absolute atomic E-state index is 0.0987. The van der Waals surface area contributed by atoms with E-state index in [2.05, 4.69) is 0 Å². The van der Waals surface area contributed by atoms with Gasteiger partial charge in [0.25, 0.3) is 0 Å². The van der Waals surface area contributed by atoms with E-state index in [1.54, 1.807) is 31.2 Å². The van der Waals surface area contributed by atoms with E-state index in [-0.39, 0.29) is 11.5 Å². The molecular weight excluding hydrogens is 376 g/mol. The third kappa shape index (κ3) is 3.76. The van der Waals surface area contributed by atoms with Crippen LogP contribution in [0.3, 0.4) is 0 Å². The molecule has 0 N–H and O–H groups in total. The molecule has 0 spiro atoms. The molecule has 1 heterocycles. The predicted molar refractivity (Wildman–Crippen MR) is 106 cm³/mol. The second-order valence-electron chi connectivity index (χ2n) is 6.69. The Bertz CT molecular complexity index is 1140. The van der Waals surface area contributed by atoms with Gasteiger partial charge < -0.3 is 28.5 Å². The first kappa shape index (κ1) is 20.3. The fraction of sp³-hybridized carbons (Fsp3) is 0.273. The minimum atomic E-state index is -1.44. The number of methoxy groups -OCH3 is 2. The topological polar surface area (TPSA) is 98.0 Å². The first-order chi connectivity index (χ1) is 13.8. The summed E-state index contributed by atoms with van der Waals surface area (Å²) in [6.45, 7) is 4.97. The highest BCUT2D eigenvalue weighted by Gasteiger charge is 2.22. The Balaban J connectivity index is 2.34. The van der Waals surface area contributed by atoms with E-state index in [0.29, 0.717) is 33.6 Å². The van der Waals surface area contributed by atoms with Crippen molar-refractivity contribution in [3.05, 3.63) is 51.7 Å². The van der Waals surface area contributed by atoms with Gasteiger partial charge in [-0.05, 0) is 56.2 Å². The smallest absolute Gasteiger partial charge is 0.235 e. The molecule has 152 valence electrons. The van der Waals surface area contributed by atoms with Crippen molar-refractivity contribution in [1.29, 1.82) is 0 Å². The Labute approximate surface area is 167 Å². The van der Waals surface area contributed by atoms with Crippen molar-refractivity contribution in [3.63, 3.8) is 0 Å². The number of carboxylic acid groups (broad SMARTS) is 1. The van der Waals surface area contributed by atoms with E-state index in [1.165, 1.54) is 21.1 Å². The number of hydrogen-bond acceptors (Lipinski definition) is 7. The monoisotopic (exact) mass is 397 g/mol. The number of fused-ring (bicyclic) bond motifs is 1. The van der Waals surface area contributed by atoms with Gasteiger partial charge in [0.1, 0.15) is 11.7 Å². The van der Waals surface area contributed by atoms with Gasteiger partial charge in [0, 0.05) is 5.56 Å². The molecule has 0 saturated carbocycles. The van der Waals surface area contributed by atoms with Gasteiger partial charge >= 0.3 is 0 Å². The molecule has 0 aliphatic heterocycles. The summed E-state index contributed by atoms with van der Waals surface area (Å²) in [7, 11) is 3.00. The minimum Gasteiger partial charge on any atom is -0.546 e. The summed E-state index contributed by atoms with van der Waals surface area (Å²) < 4.78 is 22.1. The van der Waals surface area contributed by atoms with Gasteiger partial charge in [-0.15, -0.1) is 0 Å². The molecule has 1 aromatic heterocycles. The molecule has 1 unspecified atom stereocenters. The van der Waals surface area contributed by atoms with E-state index >= 15 is 0 Å². The predicted octanol–water partition coefficient (Wildman–Crippen LogP) is 2.61. The van der Waals surface area contributed by atoms with Gasteiger partial charge in [0.2, 0.25) is 11.2 Å². The van der Waals surface area contributed by atoms with E-state index in [4.69, 9.17) is 18.6 Å². The van der Waals surface area contributed by atoms with Crippen LogP contribution < -0.4 is 24.7 Å².